The Balaban J connectivity index is 1.34. The zero-order chi connectivity index (χ0) is 41.3. The molecule has 0 unspecified atom stereocenters. The van der Waals surface area contributed by atoms with Crippen LogP contribution in [0.4, 0.5) is 0 Å². The highest BCUT2D eigenvalue weighted by Crippen LogP contribution is 2.35. The van der Waals surface area contributed by atoms with Crippen molar-refractivity contribution >= 4 is 0 Å². The molecular formula is C30H52O26. The van der Waals surface area contributed by atoms with Gasteiger partial charge in [0.05, 0.1) is 33.0 Å². The van der Waals surface area contributed by atoms with Crippen LogP contribution in [0.25, 0.3) is 0 Å². The van der Waals surface area contributed by atoms with Crippen LogP contribution in [0.3, 0.4) is 0 Å². The van der Waals surface area contributed by atoms with Gasteiger partial charge in [0, 0.05) is 0 Å². The molecule has 0 aromatic rings. The quantitative estimate of drug-likeness (QED) is 0.0819. The summed E-state index contributed by atoms with van der Waals surface area (Å²) in [6, 6.07) is 0. The third-order valence-corrected chi connectivity index (χ3v) is 10.3. The maximum atomic E-state index is 11.4. The monoisotopic (exact) mass is 828 g/mol. The van der Waals surface area contributed by atoms with Crippen molar-refractivity contribution in [2.24, 2.45) is 0 Å². The number of aliphatic hydroxyl groups excluding tert-OH is 17. The Bertz CT molecular complexity index is 1200. The Hall–Kier alpha value is -1.04. The molecule has 0 saturated carbocycles. The van der Waals surface area contributed by atoms with E-state index in [1.807, 2.05) is 0 Å². The lowest BCUT2D eigenvalue weighted by molar-refractivity contribution is -0.395. The Labute approximate surface area is 316 Å². The van der Waals surface area contributed by atoms with Gasteiger partial charge in [-0.3, -0.25) is 0 Å². The summed E-state index contributed by atoms with van der Waals surface area (Å²) >= 11 is 0. The van der Waals surface area contributed by atoms with Gasteiger partial charge in [-0.1, -0.05) is 0 Å². The van der Waals surface area contributed by atoms with Gasteiger partial charge < -0.3 is 129 Å². The second-order valence-corrected chi connectivity index (χ2v) is 13.9. The smallest absolute Gasteiger partial charge is 0.187 e. The molecule has 0 amide bonds. The van der Waals surface area contributed by atoms with Crippen molar-refractivity contribution in [1.29, 1.82) is 0 Å². The van der Waals surface area contributed by atoms with Gasteiger partial charge in [-0.25, -0.2) is 0 Å². The van der Waals surface area contributed by atoms with Crippen LogP contribution in [0.2, 0.25) is 0 Å². The number of ether oxygens (including phenoxy) is 9. The normalized spacial score (nSPS) is 53.2. The maximum Gasteiger partial charge on any atom is 0.187 e. The molecule has 5 aliphatic heterocycles. The molecule has 0 bridgehead atoms. The molecule has 0 aromatic heterocycles. The molecule has 0 aliphatic carbocycles. The molecule has 5 rings (SSSR count). The molecule has 5 saturated heterocycles. The first-order valence-corrected chi connectivity index (χ1v) is 17.6. The highest BCUT2D eigenvalue weighted by Gasteiger charge is 2.56. The van der Waals surface area contributed by atoms with Crippen LogP contribution in [0.5, 0.6) is 0 Å². The van der Waals surface area contributed by atoms with E-state index in [4.69, 9.17) is 42.6 Å². The van der Waals surface area contributed by atoms with Crippen LogP contribution in [-0.4, -0.2) is 273 Å². The topological polar surface area (TPSA) is 427 Å². The van der Waals surface area contributed by atoms with E-state index in [0.717, 1.165) is 0 Å². The Morgan fingerprint density at radius 2 is 0.571 bits per heavy atom. The average Bonchev–Trinajstić information content (AvgIpc) is 3.18. The Kier molecular flexibility index (Phi) is 16.1. The lowest BCUT2D eigenvalue weighted by Crippen LogP contribution is -2.68. The molecule has 0 spiro atoms. The second kappa shape index (κ2) is 19.6. The average molecular weight is 829 g/mol. The summed E-state index contributed by atoms with van der Waals surface area (Å²) in [5.74, 6) is 0. The van der Waals surface area contributed by atoms with Crippen LogP contribution in [-0.2, 0) is 42.6 Å². The van der Waals surface area contributed by atoms with Gasteiger partial charge in [-0.05, 0) is 0 Å². The van der Waals surface area contributed by atoms with E-state index >= 15 is 0 Å². The number of aliphatic hydroxyl groups is 17. The van der Waals surface area contributed by atoms with Crippen LogP contribution in [0, 0.1) is 0 Å². The van der Waals surface area contributed by atoms with Gasteiger partial charge in [0.1, 0.15) is 122 Å². The third-order valence-electron chi connectivity index (χ3n) is 10.3. The largest absolute Gasteiger partial charge is 0.394 e. The Morgan fingerprint density at radius 3 is 0.911 bits per heavy atom. The molecule has 5 heterocycles. The summed E-state index contributed by atoms with van der Waals surface area (Å²) in [7, 11) is 0. The van der Waals surface area contributed by atoms with Gasteiger partial charge in [0.25, 0.3) is 0 Å². The van der Waals surface area contributed by atoms with E-state index in [1.165, 1.54) is 0 Å². The van der Waals surface area contributed by atoms with Gasteiger partial charge in [0.2, 0.25) is 0 Å². The van der Waals surface area contributed by atoms with Crippen molar-refractivity contribution in [3.63, 3.8) is 0 Å². The van der Waals surface area contributed by atoms with E-state index in [9.17, 15) is 86.8 Å². The zero-order valence-corrected chi connectivity index (χ0v) is 29.2. The number of hydrogen-bond donors (Lipinski definition) is 17. The van der Waals surface area contributed by atoms with E-state index in [-0.39, 0.29) is 0 Å². The summed E-state index contributed by atoms with van der Waals surface area (Å²) in [4.78, 5) is 0. The summed E-state index contributed by atoms with van der Waals surface area (Å²) in [6.07, 6.45) is -47.0. The lowest BCUT2D eigenvalue weighted by Gasteiger charge is -2.49. The molecule has 0 aromatic carbocycles. The van der Waals surface area contributed by atoms with E-state index in [2.05, 4.69) is 0 Å². The van der Waals surface area contributed by atoms with Gasteiger partial charge in [-0.2, -0.15) is 0 Å². The van der Waals surface area contributed by atoms with E-state index in [1.54, 1.807) is 0 Å². The van der Waals surface area contributed by atoms with E-state index < -0.39 is 187 Å². The second-order valence-electron chi connectivity index (χ2n) is 13.9. The molecular weight excluding hydrogens is 776 g/mol. The van der Waals surface area contributed by atoms with Crippen molar-refractivity contribution < 1.29 is 129 Å². The first-order chi connectivity index (χ1) is 26.5. The number of hydrogen-bond acceptors (Lipinski definition) is 26. The minimum Gasteiger partial charge on any atom is -0.394 e. The minimum absolute atomic E-state index is 0.850. The molecule has 5 aliphatic rings. The molecule has 56 heavy (non-hydrogen) atoms. The van der Waals surface area contributed by atoms with Crippen molar-refractivity contribution in [3.8, 4) is 0 Å². The molecule has 26 nitrogen and oxygen atoms in total. The fourth-order valence-corrected chi connectivity index (χ4v) is 7.01. The summed E-state index contributed by atoms with van der Waals surface area (Å²) in [6.45, 7) is -4.60. The molecule has 17 N–H and O–H groups in total. The first kappa shape index (κ1) is 46.0. The zero-order valence-electron chi connectivity index (χ0n) is 29.2. The van der Waals surface area contributed by atoms with Crippen molar-refractivity contribution in [1.82, 2.24) is 0 Å². The predicted octanol–water partition coefficient (Wildman–Crippen LogP) is -11.9. The van der Waals surface area contributed by atoms with Crippen LogP contribution in [0.15, 0.2) is 0 Å². The summed E-state index contributed by atoms with van der Waals surface area (Å²) in [5, 5.41) is 177. The fourth-order valence-electron chi connectivity index (χ4n) is 7.01. The van der Waals surface area contributed by atoms with Crippen molar-refractivity contribution in [3.05, 3.63) is 0 Å². The Morgan fingerprint density at radius 1 is 0.268 bits per heavy atom. The highest BCUT2D eigenvalue weighted by atomic mass is 16.8. The molecule has 0 radical (unpaired) electrons. The lowest BCUT2D eigenvalue weighted by atomic mass is 9.95. The van der Waals surface area contributed by atoms with Crippen LogP contribution < -0.4 is 0 Å². The van der Waals surface area contributed by atoms with Crippen LogP contribution in [0.1, 0.15) is 0 Å². The van der Waals surface area contributed by atoms with Gasteiger partial charge in [0.15, 0.2) is 31.5 Å². The number of rotatable bonds is 13. The fraction of sp³-hybridized carbons (Fsp3) is 1.00. The van der Waals surface area contributed by atoms with Gasteiger partial charge in [-0.15, -0.1) is 0 Å². The van der Waals surface area contributed by atoms with Crippen molar-refractivity contribution in [2.75, 3.05) is 33.0 Å². The summed E-state index contributed by atoms with van der Waals surface area (Å²) < 4.78 is 49.2. The molecule has 328 valence electrons. The van der Waals surface area contributed by atoms with Crippen molar-refractivity contribution in [2.45, 2.75) is 154 Å². The van der Waals surface area contributed by atoms with E-state index in [0.29, 0.717) is 0 Å². The maximum absolute atomic E-state index is 11.4. The third kappa shape index (κ3) is 9.16. The standard InChI is InChI=1S/C30H52O26/c31-1-6-11(36)15(40)18(43)27(49-6)54-23-12(37)8(3-33)51-29(20(23)45)56-25-14(39)9(4-34)52-30(21(25)46)55-24-13(38)7(2-32)50-28(19(24)44)53-22-10(5-35)48-26(47)17(42)16(22)41/h6-47H,1-5H2/t6-,7-,8-,9-,10-,11+,12+,13+,14+,15+,16-,17-,18-,19-,20-,21-,22-,23+,24+,25+,26+,27+,28+,29+,30+/m1/s1. The SMILES string of the molecule is OC[C@H]1O[C@@H](O[C@H]2[C@@H](O)[C@@H](CO)O[C@@H](O[C@H]3[C@@H](O)[C@@H](CO)O[C@@H](O[C@H]4[C@@H](O)[C@@H](CO)O[C@@H](O[C@H]5[C@H](O)[C@@H](O)[C@@H](O)O[C@@H]5CO)[C@@H]4O)[C@@H]3O)[C@@H]2O)[C@H](O)[C@@H](O)[C@H]1O. The minimum atomic E-state index is -2.17. The molecule has 5 fully saturated rings. The first-order valence-electron chi connectivity index (χ1n) is 17.6. The predicted molar refractivity (Wildman–Crippen MR) is 167 cm³/mol. The van der Waals surface area contributed by atoms with Gasteiger partial charge >= 0.3 is 0 Å². The highest BCUT2D eigenvalue weighted by molar-refractivity contribution is 4.99. The van der Waals surface area contributed by atoms with Crippen LogP contribution >= 0.6 is 0 Å². The summed E-state index contributed by atoms with van der Waals surface area (Å²) in [5.41, 5.74) is 0. The molecule has 26 heteroatoms. The molecule has 25 atom stereocenters.